The zero-order valence-corrected chi connectivity index (χ0v) is 23.7. The van der Waals surface area contributed by atoms with E-state index < -0.39 is 63.9 Å². The van der Waals surface area contributed by atoms with E-state index in [1.54, 1.807) is 51.1 Å². The fourth-order valence-electron chi connectivity index (χ4n) is 4.68. The second kappa shape index (κ2) is 11.0. The number of piperazine rings is 1. The number of thioether (sulfide) groups is 1. The van der Waals surface area contributed by atoms with Crippen LogP contribution in [0, 0.1) is 0 Å². The number of imide groups is 1. The Hall–Kier alpha value is -2.61. The van der Waals surface area contributed by atoms with Crippen LogP contribution in [-0.4, -0.2) is 92.2 Å². The van der Waals surface area contributed by atoms with Crippen LogP contribution in [0.15, 0.2) is 30.3 Å². The molecule has 0 aromatic heterocycles. The first-order valence-corrected chi connectivity index (χ1v) is 12.3. The van der Waals surface area contributed by atoms with Crippen LogP contribution in [0.3, 0.4) is 0 Å². The topological polar surface area (TPSA) is 159 Å². The SMILES string of the molecule is CCN1CCN(C(=O)N[C@H](C(=O)N[C@H]2C(=O)N3[C@H]2SC(C)(C)[C@H]3C(=O)[O-])c2ccccc2)C(=O)C1=O.[Na+]. The molecule has 0 aliphatic carbocycles. The average Bonchev–Trinajstić information content (AvgIpc) is 3.10. The fourth-order valence-corrected chi connectivity index (χ4v) is 6.30. The van der Waals surface area contributed by atoms with Gasteiger partial charge in [0.15, 0.2) is 0 Å². The molecule has 0 unspecified atom stereocenters. The van der Waals surface area contributed by atoms with Gasteiger partial charge in [-0.05, 0) is 26.3 Å². The van der Waals surface area contributed by atoms with E-state index in [1.807, 2.05) is 0 Å². The van der Waals surface area contributed by atoms with Crippen molar-refractivity contribution in [3.63, 3.8) is 0 Å². The molecular formula is C23H26N5NaO7S. The van der Waals surface area contributed by atoms with E-state index in [0.717, 1.165) is 4.90 Å². The van der Waals surface area contributed by atoms with Gasteiger partial charge in [-0.2, -0.15) is 0 Å². The smallest absolute Gasteiger partial charge is 0.548 e. The van der Waals surface area contributed by atoms with Gasteiger partial charge in [-0.15, -0.1) is 11.8 Å². The van der Waals surface area contributed by atoms with Gasteiger partial charge in [0.1, 0.15) is 17.5 Å². The number of carboxylic acids is 1. The third-order valence-electron chi connectivity index (χ3n) is 6.56. The standard InChI is InChI=1S/C23H27N5O7S.Na/c1-4-26-10-11-27(19(32)18(26)31)22(35)25-13(12-8-6-5-7-9-12)16(29)24-14-17(30)28-15(21(33)34)23(2,3)36-20(14)28;/h5-9,13-15,20H,4,10-11H2,1-3H3,(H,24,29)(H,25,35)(H,33,34);/q;+1/p-1/t13-,14-,15+,20-;/m0./s1. The molecule has 0 radical (unpaired) electrons. The fraction of sp³-hybridized carbons (Fsp3) is 0.478. The number of hydrogen-bond donors (Lipinski definition) is 2. The molecule has 4 rings (SSSR count). The second-order valence-electron chi connectivity index (χ2n) is 9.20. The van der Waals surface area contributed by atoms with Crippen molar-refractivity contribution < 1.29 is 63.4 Å². The van der Waals surface area contributed by atoms with Crippen molar-refractivity contribution in [2.75, 3.05) is 19.6 Å². The number of β-lactam (4-membered cyclic amide) rings is 1. The third kappa shape index (κ3) is 5.22. The van der Waals surface area contributed by atoms with Crippen molar-refractivity contribution in [3.8, 4) is 0 Å². The summed E-state index contributed by atoms with van der Waals surface area (Å²) in [6.45, 7) is 5.58. The Labute approximate surface area is 239 Å². The van der Waals surface area contributed by atoms with Crippen LogP contribution in [0.2, 0.25) is 0 Å². The first-order chi connectivity index (χ1) is 17.0. The molecule has 3 fully saturated rings. The van der Waals surface area contributed by atoms with Crippen molar-refractivity contribution >= 4 is 47.4 Å². The first-order valence-electron chi connectivity index (χ1n) is 11.5. The largest absolute Gasteiger partial charge is 1.00 e. The van der Waals surface area contributed by atoms with Gasteiger partial charge >= 0.3 is 47.4 Å². The molecule has 3 aliphatic heterocycles. The maximum Gasteiger partial charge on any atom is 1.00 e. The van der Waals surface area contributed by atoms with Crippen LogP contribution in [0.1, 0.15) is 32.4 Å². The van der Waals surface area contributed by atoms with Gasteiger partial charge in [0.2, 0.25) is 11.8 Å². The number of hydrogen-bond acceptors (Lipinski definition) is 8. The molecule has 14 heteroatoms. The van der Waals surface area contributed by atoms with E-state index in [4.69, 9.17) is 0 Å². The number of nitrogens with zero attached hydrogens (tertiary/aromatic N) is 3. The number of fused-ring (bicyclic) bond motifs is 1. The number of carboxylic acid groups (broad SMARTS) is 1. The maximum absolute atomic E-state index is 13.3. The molecule has 6 amide bonds. The molecule has 37 heavy (non-hydrogen) atoms. The molecule has 4 atom stereocenters. The molecule has 3 saturated heterocycles. The molecule has 0 saturated carbocycles. The van der Waals surface area contributed by atoms with E-state index >= 15 is 0 Å². The van der Waals surface area contributed by atoms with Gasteiger partial charge in [-0.1, -0.05) is 30.3 Å². The molecule has 3 aliphatic rings. The molecular weight excluding hydrogens is 513 g/mol. The number of rotatable bonds is 6. The van der Waals surface area contributed by atoms with Crippen molar-refractivity contribution in [2.24, 2.45) is 0 Å². The Kier molecular flexibility index (Phi) is 8.62. The number of benzene rings is 1. The third-order valence-corrected chi connectivity index (χ3v) is 8.13. The van der Waals surface area contributed by atoms with Crippen LogP contribution in [0.4, 0.5) is 4.79 Å². The molecule has 2 N–H and O–H groups in total. The van der Waals surface area contributed by atoms with Crippen LogP contribution >= 0.6 is 11.8 Å². The Balaban J connectivity index is 0.00000380. The monoisotopic (exact) mass is 539 g/mol. The summed E-state index contributed by atoms with van der Waals surface area (Å²) in [4.78, 5) is 78.6. The minimum Gasteiger partial charge on any atom is -0.548 e. The minimum absolute atomic E-state index is 0. The molecule has 1 aromatic carbocycles. The number of aliphatic carboxylic acids is 1. The Bertz CT molecular complexity index is 1130. The average molecular weight is 540 g/mol. The maximum atomic E-state index is 13.3. The summed E-state index contributed by atoms with van der Waals surface area (Å²) < 4.78 is -0.820. The molecule has 0 spiro atoms. The van der Waals surface area contributed by atoms with Crippen LogP contribution < -0.4 is 45.3 Å². The van der Waals surface area contributed by atoms with Gasteiger partial charge in [0.05, 0.1) is 12.0 Å². The Morgan fingerprint density at radius 3 is 2.35 bits per heavy atom. The second-order valence-corrected chi connectivity index (χ2v) is 11.0. The molecule has 0 bridgehead atoms. The van der Waals surface area contributed by atoms with E-state index in [-0.39, 0.29) is 42.6 Å². The van der Waals surface area contributed by atoms with Crippen molar-refractivity contribution in [1.29, 1.82) is 0 Å². The summed E-state index contributed by atoms with van der Waals surface area (Å²) in [5, 5.41) is 16.1. The number of carbonyl (C=O) groups excluding carboxylic acids is 6. The van der Waals surface area contributed by atoms with Crippen LogP contribution in [0.5, 0.6) is 0 Å². The molecule has 192 valence electrons. The van der Waals surface area contributed by atoms with Gasteiger partial charge < -0.3 is 30.3 Å². The zero-order chi connectivity index (χ0) is 26.4. The quantitative estimate of drug-likeness (QED) is 0.208. The summed E-state index contributed by atoms with van der Waals surface area (Å²) in [5.41, 5.74) is 0.393. The summed E-state index contributed by atoms with van der Waals surface area (Å²) in [7, 11) is 0. The molecule has 3 heterocycles. The Morgan fingerprint density at radius 1 is 1.11 bits per heavy atom. The molecule has 12 nitrogen and oxygen atoms in total. The van der Waals surface area contributed by atoms with Crippen molar-refractivity contribution in [2.45, 2.75) is 49.0 Å². The van der Waals surface area contributed by atoms with E-state index in [9.17, 15) is 33.9 Å². The predicted octanol–water partition coefficient (Wildman–Crippen LogP) is -4.57. The number of urea groups is 1. The summed E-state index contributed by atoms with van der Waals surface area (Å²) >= 11 is 1.24. The van der Waals surface area contributed by atoms with E-state index in [1.165, 1.54) is 21.6 Å². The summed E-state index contributed by atoms with van der Waals surface area (Å²) in [6.07, 6.45) is 0. The number of carbonyl (C=O) groups is 6. The summed E-state index contributed by atoms with van der Waals surface area (Å²) in [6, 6.07) is 3.92. The van der Waals surface area contributed by atoms with E-state index in [0.29, 0.717) is 12.1 Å². The van der Waals surface area contributed by atoms with Crippen molar-refractivity contribution in [3.05, 3.63) is 35.9 Å². The van der Waals surface area contributed by atoms with Gasteiger partial charge in [-0.25, -0.2) is 4.79 Å². The van der Waals surface area contributed by atoms with Crippen molar-refractivity contribution in [1.82, 2.24) is 25.3 Å². The predicted molar refractivity (Wildman–Crippen MR) is 125 cm³/mol. The van der Waals surface area contributed by atoms with Crippen LogP contribution in [-0.2, 0) is 24.0 Å². The Morgan fingerprint density at radius 2 is 1.76 bits per heavy atom. The number of nitrogens with one attached hydrogen (secondary N) is 2. The first kappa shape index (κ1) is 29.0. The van der Waals surface area contributed by atoms with Gasteiger partial charge in [0, 0.05) is 24.4 Å². The summed E-state index contributed by atoms with van der Waals surface area (Å²) in [5.74, 6) is -4.44. The number of likely N-dealkylation sites (N-methyl/N-ethyl adjacent to an activating group) is 1. The zero-order valence-electron chi connectivity index (χ0n) is 20.9. The number of amides is 6. The normalized spacial score (nSPS) is 25.0. The van der Waals surface area contributed by atoms with Gasteiger partial charge in [-0.3, -0.25) is 24.1 Å². The van der Waals surface area contributed by atoms with Crippen LogP contribution in [0.25, 0.3) is 0 Å². The van der Waals surface area contributed by atoms with E-state index in [2.05, 4.69) is 10.6 Å². The van der Waals surface area contributed by atoms with Gasteiger partial charge in [0.25, 0.3) is 0 Å². The minimum atomic E-state index is -1.37. The molecule has 1 aromatic rings.